The Morgan fingerprint density at radius 2 is 1.82 bits per heavy atom. The number of anilines is 1. The molecule has 1 amide bonds. The molecule has 5 rings (SSSR count). The molecule has 7 nitrogen and oxygen atoms in total. The van der Waals surface area contributed by atoms with Crippen LogP contribution in [-0.4, -0.2) is 35.1 Å². The second-order valence-corrected chi connectivity index (χ2v) is 10.8. The number of ether oxygens (including phenoxy) is 1. The summed E-state index contributed by atoms with van der Waals surface area (Å²) in [4.78, 5) is 21.3. The number of amides is 1. The van der Waals surface area contributed by atoms with Gasteiger partial charge in [-0.15, -0.1) is 0 Å². The SMILES string of the molecule is C[C@@H]1C[C@@H](N)C[C@H](c2ccncc2NC(=O)c2ccc(F)c(-c3c(F)cc(C4(C#N)CCOCC4)cc3F)n2)C1. The van der Waals surface area contributed by atoms with Gasteiger partial charge in [0, 0.05) is 25.5 Å². The molecule has 1 aliphatic carbocycles. The maximum Gasteiger partial charge on any atom is 0.274 e. The van der Waals surface area contributed by atoms with Gasteiger partial charge in [-0.25, -0.2) is 18.2 Å². The second-order valence-electron chi connectivity index (χ2n) is 10.8. The standard InChI is InChI=1S/C30H30F3N5O2/c1-17-10-18(12-20(35)11-17)21-4-7-36-15-26(21)38-29(39)25-3-2-22(31)28(37-25)27-23(32)13-19(14-24(27)33)30(16-34)5-8-40-9-6-30/h2-4,7,13-15,17-18,20H,5-6,8-12,35H2,1H3,(H,38,39)/t17-,18+,20+/m0/s1. The molecular weight excluding hydrogens is 519 g/mol. The first kappa shape index (κ1) is 27.7. The zero-order chi connectivity index (χ0) is 28.4. The summed E-state index contributed by atoms with van der Waals surface area (Å²) >= 11 is 0. The molecule has 2 aliphatic rings. The second kappa shape index (κ2) is 11.4. The lowest BCUT2D eigenvalue weighted by Crippen LogP contribution is -2.32. The number of pyridine rings is 2. The first-order chi connectivity index (χ1) is 19.2. The van der Waals surface area contributed by atoms with Gasteiger partial charge in [0.15, 0.2) is 0 Å². The van der Waals surface area contributed by atoms with Crippen LogP contribution in [0.1, 0.15) is 66.6 Å². The molecule has 2 fully saturated rings. The highest BCUT2D eigenvalue weighted by molar-refractivity contribution is 6.03. The number of aromatic nitrogens is 2. The van der Waals surface area contributed by atoms with Gasteiger partial charge in [-0.2, -0.15) is 5.26 Å². The van der Waals surface area contributed by atoms with Crippen LogP contribution in [0.25, 0.3) is 11.3 Å². The average molecular weight is 550 g/mol. The van der Waals surface area contributed by atoms with Crippen molar-refractivity contribution in [2.75, 3.05) is 18.5 Å². The van der Waals surface area contributed by atoms with Gasteiger partial charge >= 0.3 is 0 Å². The fraction of sp³-hybridized carbons (Fsp3) is 0.400. The normalized spacial score (nSPS) is 22.4. The van der Waals surface area contributed by atoms with Crippen LogP contribution < -0.4 is 11.1 Å². The van der Waals surface area contributed by atoms with Crippen LogP contribution >= 0.6 is 0 Å². The molecule has 3 heterocycles. The van der Waals surface area contributed by atoms with Crippen LogP contribution in [0.15, 0.2) is 42.7 Å². The molecule has 10 heteroatoms. The molecule has 1 aliphatic heterocycles. The summed E-state index contributed by atoms with van der Waals surface area (Å²) < 4.78 is 50.8. The van der Waals surface area contributed by atoms with Gasteiger partial charge in [-0.3, -0.25) is 9.78 Å². The fourth-order valence-electron chi connectivity index (χ4n) is 5.97. The lowest BCUT2D eigenvalue weighted by atomic mass is 9.75. The molecule has 208 valence electrons. The number of hydrogen-bond acceptors (Lipinski definition) is 6. The molecule has 3 N–H and O–H groups in total. The summed E-state index contributed by atoms with van der Waals surface area (Å²) in [5, 5.41) is 12.6. The highest BCUT2D eigenvalue weighted by atomic mass is 19.1. The third kappa shape index (κ3) is 5.44. The number of nitrogens with one attached hydrogen (secondary N) is 1. The Morgan fingerprint density at radius 3 is 2.50 bits per heavy atom. The van der Waals surface area contributed by atoms with Crippen molar-refractivity contribution in [3.63, 3.8) is 0 Å². The minimum atomic E-state index is -1.10. The molecule has 0 radical (unpaired) electrons. The van der Waals surface area contributed by atoms with E-state index in [1.54, 1.807) is 6.20 Å². The van der Waals surface area contributed by atoms with Crippen LogP contribution in [0.2, 0.25) is 0 Å². The Labute approximate surface area is 230 Å². The van der Waals surface area contributed by atoms with E-state index in [-0.39, 0.29) is 49.3 Å². The Balaban J connectivity index is 1.44. The van der Waals surface area contributed by atoms with E-state index in [2.05, 4.69) is 28.3 Å². The highest BCUT2D eigenvalue weighted by Crippen LogP contribution is 2.39. The summed E-state index contributed by atoms with van der Waals surface area (Å²) in [5.74, 6) is -3.25. The lowest BCUT2D eigenvalue weighted by molar-refractivity contribution is 0.0673. The molecular formula is C30H30F3N5O2. The molecule has 0 unspecified atom stereocenters. The maximum absolute atomic E-state index is 15.3. The Hall–Kier alpha value is -3.81. The molecule has 1 aromatic carbocycles. The summed E-state index contributed by atoms with van der Waals surface area (Å²) in [6.45, 7) is 2.72. The number of rotatable bonds is 5. The summed E-state index contributed by atoms with van der Waals surface area (Å²) in [5.41, 5.74) is 5.10. The minimum absolute atomic E-state index is 0.0532. The molecule has 0 spiro atoms. The van der Waals surface area contributed by atoms with E-state index < -0.39 is 40.0 Å². The smallest absolute Gasteiger partial charge is 0.274 e. The van der Waals surface area contributed by atoms with E-state index in [4.69, 9.17) is 10.5 Å². The first-order valence-corrected chi connectivity index (χ1v) is 13.4. The van der Waals surface area contributed by atoms with Crippen LogP contribution in [0.3, 0.4) is 0 Å². The number of nitrogens with two attached hydrogens (primary N) is 1. The number of halogens is 3. The van der Waals surface area contributed by atoms with Crippen molar-refractivity contribution in [1.29, 1.82) is 5.26 Å². The Morgan fingerprint density at radius 1 is 1.10 bits per heavy atom. The Kier molecular flexibility index (Phi) is 7.88. The summed E-state index contributed by atoms with van der Waals surface area (Å²) in [6.07, 6.45) is 6.36. The third-order valence-corrected chi connectivity index (χ3v) is 7.99. The lowest BCUT2D eigenvalue weighted by Gasteiger charge is -2.32. The van der Waals surface area contributed by atoms with Crippen LogP contribution in [0, 0.1) is 34.7 Å². The number of carbonyl (C=O) groups is 1. The maximum atomic E-state index is 15.3. The van der Waals surface area contributed by atoms with Gasteiger partial charge in [0.05, 0.1) is 28.9 Å². The summed E-state index contributed by atoms with van der Waals surface area (Å²) in [6, 6.07) is 8.25. The van der Waals surface area contributed by atoms with Crippen molar-refractivity contribution >= 4 is 11.6 Å². The van der Waals surface area contributed by atoms with Crippen molar-refractivity contribution in [2.45, 2.75) is 56.4 Å². The van der Waals surface area contributed by atoms with E-state index in [1.165, 1.54) is 6.20 Å². The molecule has 0 bridgehead atoms. The topological polar surface area (TPSA) is 114 Å². The molecule has 3 atom stereocenters. The zero-order valence-electron chi connectivity index (χ0n) is 22.1. The minimum Gasteiger partial charge on any atom is -0.381 e. The van der Waals surface area contributed by atoms with E-state index in [0.29, 0.717) is 11.6 Å². The number of carbonyl (C=O) groups excluding carboxylic acids is 1. The van der Waals surface area contributed by atoms with Gasteiger partial charge in [-0.1, -0.05) is 6.92 Å². The van der Waals surface area contributed by atoms with Crippen molar-refractivity contribution in [2.24, 2.45) is 11.7 Å². The highest BCUT2D eigenvalue weighted by Gasteiger charge is 2.36. The first-order valence-electron chi connectivity index (χ1n) is 13.4. The van der Waals surface area contributed by atoms with Crippen LogP contribution in [0.4, 0.5) is 18.9 Å². The van der Waals surface area contributed by atoms with E-state index in [1.807, 2.05) is 6.07 Å². The largest absolute Gasteiger partial charge is 0.381 e. The Bertz CT molecular complexity index is 1430. The predicted molar refractivity (Wildman–Crippen MR) is 143 cm³/mol. The number of nitrogens with zero attached hydrogens (tertiary/aromatic N) is 3. The van der Waals surface area contributed by atoms with Gasteiger partial charge in [0.2, 0.25) is 0 Å². The third-order valence-electron chi connectivity index (χ3n) is 7.99. The molecule has 1 saturated carbocycles. The van der Waals surface area contributed by atoms with Gasteiger partial charge in [0.25, 0.3) is 5.91 Å². The van der Waals surface area contributed by atoms with E-state index in [9.17, 15) is 14.4 Å². The van der Waals surface area contributed by atoms with E-state index in [0.717, 1.165) is 49.1 Å². The summed E-state index contributed by atoms with van der Waals surface area (Å²) in [7, 11) is 0. The molecule has 2 aromatic heterocycles. The van der Waals surface area contributed by atoms with Crippen molar-refractivity contribution < 1.29 is 22.7 Å². The number of benzene rings is 1. The van der Waals surface area contributed by atoms with Crippen molar-refractivity contribution in [3.8, 4) is 17.3 Å². The molecule has 3 aromatic rings. The fourth-order valence-corrected chi connectivity index (χ4v) is 5.97. The van der Waals surface area contributed by atoms with Gasteiger partial charge in [-0.05, 0) is 85.4 Å². The van der Waals surface area contributed by atoms with Crippen molar-refractivity contribution in [3.05, 3.63) is 77.0 Å². The van der Waals surface area contributed by atoms with Crippen LogP contribution in [0.5, 0.6) is 0 Å². The average Bonchev–Trinajstić information content (AvgIpc) is 2.93. The number of hydrogen-bond donors (Lipinski definition) is 2. The van der Waals surface area contributed by atoms with Crippen molar-refractivity contribution in [1.82, 2.24) is 9.97 Å². The number of nitriles is 1. The van der Waals surface area contributed by atoms with Crippen LogP contribution in [-0.2, 0) is 10.2 Å². The zero-order valence-corrected chi connectivity index (χ0v) is 22.1. The van der Waals surface area contributed by atoms with Gasteiger partial charge in [0.1, 0.15) is 28.8 Å². The molecule has 1 saturated heterocycles. The van der Waals surface area contributed by atoms with E-state index >= 15 is 8.78 Å². The quantitative estimate of drug-likeness (QED) is 0.427. The monoisotopic (exact) mass is 549 g/mol. The predicted octanol–water partition coefficient (Wildman–Crippen LogP) is 5.62. The van der Waals surface area contributed by atoms with Gasteiger partial charge < -0.3 is 15.8 Å². The molecule has 40 heavy (non-hydrogen) atoms.